The summed E-state index contributed by atoms with van der Waals surface area (Å²) in [5, 5.41) is 9.83. The lowest BCUT2D eigenvalue weighted by Gasteiger charge is -2.09. The van der Waals surface area contributed by atoms with E-state index < -0.39 is 0 Å². The molecule has 0 bridgehead atoms. The Labute approximate surface area is 100 Å². The van der Waals surface area contributed by atoms with Crippen LogP contribution in [0.15, 0.2) is 10.4 Å². The zero-order valence-electron chi connectivity index (χ0n) is 9.95. The Morgan fingerprint density at radius 1 is 1.69 bits per heavy atom. The Morgan fingerprint density at radius 3 is 2.94 bits per heavy atom. The number of nitrogens with one attached hydrogen (secondary N) is 2. The molecule has 0 saturated heterocycles. The summed E-state index contributed by atoms with van der Waals surface area (Å²) >= 11 is 1.68. The second-order valence-electron chi connectivity index (χ2n) is 4.27. The van der Waals surface area contributed by atoms with Crippen LogP contribution in [0.4, 0.5) is 0 Å². The van der Waals surface area contributed by atoms with Crippen molar-refractivity contribution in [3.8, 4) is 0 Å². The van der Waals surface area contributed by atoms with E-state index in [9.17, 15) is 0 Å². The summed E-state index contributed by atoms with van der Waals surface area (Å²) < 4.78 is 0. The van der Waals surface area contributed by atoms with Crippen molar-refractivity contribution in [2.45, 2.75) is 32.9 Å². The third-order valence-electron chi connectivity index (χ3n) is 2.73. The van der Waals surface area contributed by atoms with Crippen LogP contribution in [0.1, 0.15) is 24.0 Å². The van der Waals surface area contributed by atoms with Crippen molar-refractivity contribution < 1.29 is 0 Å². The lowest BCUT2D eigenvalue weighted by molar-refractivity contribution is 0.761. The number of aliphatic imine (C=N–C) groups is 1. The molecule has 1 fully saturated rings. The van der Waals surface area contributed by atoms with Crippen LogP contribution in [0.3, 0.4) is 0 Å². The number of hydrogen-bond acceptors (Lipinski definition) is 3. The van der Waals surface area contributed by atoms with Crippen LogP contribution in [-0.2, 0) is 6.54 Å². The topological polar surface area (TPSA) is 49.3 Å². The molecule has 5 heteroatoms. The first-order valence-electron chi connectivity index (χ1n) is 5.57. The molecule has 4 nitrogen and oxygen atoms in total. The Bertz CT molecular complexity index is 385. The molecule has 16 heavy (non-hydrogen) atoms. The van der Waals surface area contributed by atoms with Crippen LogP contribution in [0.2, 0.25) is 0 Å². The molecule has 1 aliphatic rings. The molecule has 1 aliphatic carbocycles. The average molecular weight is 238 g/mol. The fraction of sp³-hybridized carbons (Fsp3) is 0.636. The van der Waals surface area contributed by atoms with Gasteiger partial charge < -0.3 is 10.6 Å². The third kappa shape index (κ3) is 2.95. The number of thiazole rings is 1. The minimum Gasteiger partial charge on any atom is -0.353 e. The number of aromatic nitrogens is 1. The van der Waals surface area contributed by atoms with Gasteiger partial charge in [0.25, 0.3) is 0 Å². The quantitative estimate of drug-likeness (QED) is 0.620. The summed E-state index contributed by atoms with van der Waals surface area (Å²) in [5.74, 6) is 1.66. The van der Waals surface area contributed by atoms with Gasteiger partial charge in [0.15, 0.2) is 5.96 Å². The fourth-order valence-corrected chi connectivity index (χ4v) is 2.25. The van der Waals surface area contributed by atoms with Crippen LogP contribution in [-0.4, -0.2) is 24.0 Å². The van der Waals surface area contributed by atoms with Gasteiger partial charge in [0.05, 0.1) is 6.54 Å². The van der Waals surface area contributed by atoms with Crippen molar-refractivity contribution in [3.05, 3.63) is 16.1 Å². The molecule has 2 rings (SSSR count). The van der Waals surface area contributed by atoms with E-state index in [1.165, 1.54) is 6.42 Å². The minimum absolute atomic E-state index is 0.601. The monoisotopic (exact) mass is 238 g/mol. The molecule has 1 saturated carbocycles. The summed E-state index contributed by atoms with van der Waals surface area (Å²) in [5.41, 5.74) is 1.08. The van der Waals surface area contributed by atoms with Crippen molar-refractivity contribution in [1.29, 1.82) is 0 Å². The summed E-state index contributed by atoms with van der Waals surface area (Å²) in [6, 6.07) is 0.601. The van der Waals surface area contributed by atoms with Crippen LogP contribution in [0.5, 0.6) is 0 Å². The van der Waals surface area contributed by atoms with Gasteiger partial charge in [0, 0.05) is 24.2 Å². The van der Waals surface area contributed by atoms with Gasteiger partial charge in [-0.05, 0) is 19.3 Å². The number of aryl methyl sites for hydroxylation is 1. The maximum atomic E-state index is 4.40. The van der Waals surface area contributed by atoms with Gasteiger partial charge >= 0.3 is 0 Å². The highest BCUT2D eigenvalue weighted by Gasteiger charge is 2.33. The lowest BCUT2D eigenvalue weighted by atomic mass is 10.5. The van der Waals surface area contributed by atoms with E-state index in [4.69, 9.17) is 0 Å². The second-order valence-corrected chi connectivity index (χ2v) is 5.21. The van der Waals surface area contributed by atoms with Gasteiger partial charge in [0.2, 0.25) is 0 Å². The molecule has 1 aromatic heterocycles. The summed E-state index contributed by atoms with van der Waals surface area (Å²) in [6.45, 7) is 5.01. The zero-order valence-corrected chi connectivity index (χ0v) is 10.8. The van der Waals surface area contributed by atoms with Gasteiger partial charge in [0.1, 0.15) is 5.01 Å². The Morgan fingerprint density at radius 2 is 2.44 bits per heavy atom. The van der Waals surface area contributed by atoms with Gasteiger partial charge in [-0.2, -0.15) is 0 Å². The molecule has 0 radical (unpaired) electrons. The summed E-state index contributed by atoms with van der Waals surface area (Å²) in [4.78, 5) is 8.60. The zero-order chi connectivity index (χ0) is 11.5. The van der Waals surface area contributed by atoms with Crippen LogP contribution in [0, 0.1) is 12.8 Å². The van der Waals surface area contributed by atoms with E-state index >= 15 is 0 Å². The molecule has 0 aliphatic heterocycles. The number of hydrogen-bond donors (Lipinski definition) is 2. The summed E-state index contributed by atoms with van der Waals surface area (Å²) in [7, 11) is 1.80. The molecule has 2 atom stereocenters. The SMILES string of the molecule is CN=C(NCc1nc(C)cs1)NC1CC1C. The molecule has 88 valence electrons. The predicted octanol–water partition coefficient (Wildman–Crippen LogP) is 1.52. The van der Waals surface area contributed by atoms with E-state index in [1.54, 1.807) is 18.4 Å². The Kier molecular flexibility index (Phi) is 3.43. The maximum absolute atomic E-state index is 4.40. The predicted molar refractivity (Wildman–Crippen MR) is 67.8 cm³/mol. The van der Waals surface area contributed by atoms with Crippen LogP contribution in [0.25, 0.3) is 0 Å². The number of guanidine groups is 1. The number of rotatable bonds is 3. The molecule has 0 aromatic carbocycles. The Balaban J connectivity index is 1.79. The average Bonchev–Trinajstić information content (AvgIpc) is 2.78. The van der Waals surface area contributed by atoms with E-state index in [0.29, 0.717) is 6.04 Å². The van der Waals surface area contributed by atoms with E-state index in [1.807, 2.05) is 6.92 Å². The van der Waals surface area contributed by atoms with Gasteiger partial charge in [-0.1, -0.05) is 6.92 Å². The van der Waals surface area contributed by atoms with Crippen LogP contribution >= 0.6 is 11.3 Å². The minimum atomic E-state index is 0.601. The van der Waals surface area contributed by atoms with E-state index in [-0.39, 0.29) is 0 Å². The third-order valence-corrected chi connectivity index (χ3v) is 3.70. The lowest BCUT2D eigenvalue weighted by Crippen LogP contribution is -2.38. The highest BCUT2D eigenvalue weighted by Crippen LogP contribution is 2.28. The van der Waals surface area contributed by atoms with Crippen molar-refractivity contribution in [1.82, 2.24) is 15.6 Å². The molecule has 2 N–H and O–H groups in total. The molecule has 1 heterocycles. The molecular formula is C11H18N4S. The molecule has 2 unspecified atom stereocenters. The molecular weight excluding hydrogens is 220 g/mol. The maximum Gasteiger partial charge on any atom is 0.191 e. The smallest absolute Gasteiger partial charge is 0.191 e. The molecule has 0 amide bonds. The van der Waals surface area contributed by atoms with Crippen molar-refractivity contribution in [2.75, 3.05) is 7.05 Å². The highest BCUT2D eigenvalue weighted by molar-refractivity contribution is 7.09. The van der Waals surface area contributed by atoms with Crippen molar-refractivity contribution >= 4 is 17.3 Å². The number of nitrogens with zero attached hydrogens (tertiary/aromatic N) is 2. The molecule has 0 spiro atoms. The van der Waals surface area contributed by atoms with E-state index in [0.717, 1.165) is 29.1 Å². The standard InChI is InChI=1S/C11H18N4S/c1-7-4-9(7)15-11(12-3)13-5-10-14-8(2)6-16-10/h6-7,9H,4-5H2,1-3H3,(H2,12,13,15). The first-order valence-corrected chi connectivity index (χ1v) is 6.45. The second kappa shape index (κ2) is 4.82. The molecule has 1 aromatic rings. The first-order chi connectivity index (χ1) is 7.69. The summed E-state index contributed by atoms with van der Waals surface area (Å²) in [6.07, 6.45) is 1.25. The van der Waals surface area contributed by atoms with E-state index in [2.05, 4.69) is 32.9 Å². The first kappa shape index (κ1) is 11.4. The Hall–Kier alpha value is -1.10. The van der Waals surface area contributed by atoms with Gasteiger partial charge in [-0.3, -0.25) is 4.99 Å². The van der Waals surface area contributed by atoms with Gasteiger partial charge in [-0.15, -0.1) is 11.3 Å². The van der Waals surface area contributed by atoms with Crippen molar-refractivity contribution in [2.24, 2.45) is 10.9 Å². The van der Waals surface area contributed by atoms with Crippen molar-refractivity contribution in [3.63, 3.8) is 0 Å². The normalized spacial score (nSPS) is 24.3. The fourth-order valence-electron chi connectivity index (χ4n) is 1.54. The van der Waals surface area contributed by atoms with Gasteiger partial charge in [-0.25, -0.2) is 4.98 Å². The largest absolute Gasteiger partial charge is 0.353 e. The van der Waals surface area contributed by atoms with Crippen LogP contribution < -0.4 is 10.6 Å². The highest BCUT2D eigenvalue weighted by atomic mass is 32.1.